The maximum absolute atomic E-state index is 12.3. The van der Waals surface area contributed by atoms with E-state index in [2.05, 4.69) is 15.5 Å². The van der Waals surface area contributed by atoms with Gasteiger partial charge in [0.05, 0.1) is 22.0 Å². The number of rotatable bonds is 3. The summed E-state index contributed by atoms with van der Waals surface area (Å²) in [5.41, 5.74) is 0.727. The Morgan fingerprint density at radius 2 is 2.12 bits per heavy atom. The molecule has 7 nitrogen and oxygen atoms in total. The molecule has 1 N–H and O–H groups in total. The average Bonchev–Trinajstić information content (AvgIpc) is 2.91. The number of nitrogens with one attached hydrogen (secondary N) is 1. The zero-order chi connectivity index (χ0) is 17.3. The highest BCUT2D eigenvalue weighted by Gasteiger charge is 2.26. The lowest BCUT2D eigenvalue weighted by Crippen LogP contribution is -2.37. The quantitative estimate of drug-likeness (QED) is 0.875. The molecule has 0 aliphatic carbocycles. The third kappa shape index (κ3) is 3.52. The molecule has 1 saturated heterocycles. The van der Waals surface area contributed by atoms with Crippen molar-refractivity contribution in [3.8, 4) is 0 Å². The Bertz CT molecular complexity index is 882. The average molecular weight is 387 g/mol. The van der Waals surface area contributed by atoms with Gasteiger partial charge in [-0.3, -0.25) is 14.4 Å². The fourth-order valence-corrected chi connectivity index (χ4v) is 4.91. The van der Waals surface area contributed by atoms with Crippen LogP contribution in [0.25, 0.3) is 0 Å². The molecule has 0 saturated carbocycles. The molecule has 0 unspecified atom stereocenters. The third-order valence-electron chi connectivity index (χ3n) is 3.58. The number of carbonyl (C=O) groups excluding carboxylic acids is 1. The lowest BCUT2D eigenvalue weighted by atomic mass is 10.2. The first-order valence-electron chi connectivity index (χ1n) is 7.28. The van der Waals surface area contributed by atoms with Crippen molar-refractivity contribution in [1.29, 1.82) is 0 Å². The largest absolute Gasteiger partial charge is 0.296 e. The van der Waals surface area contributed by atoms with Gasteiger partial charge in [0.15, 0.2) is 0 Å². The first kappa shape index (κ1) is 17.1. The van der Waals surface area contributed by atoms with Crippen LogP contribution in [0.15, 0.2) is 18.2 Å². The maximum atomic E-state index is 12.3. The Hall–Kier alpha value is -1.71. The van der Waals surface area contributed by atoms with Crippen LogP contribution in [0.2, 0.25) is 5.02 Å². The number of nitrogens with zero attached hydrogens (tertiary/aromatic N) is 3. The number of aryl methyl sites for hydroxylation is 1. The van der Waals surface area contributed by atoms with E-state index in [9.17, 15) is 13.2 Å². The molecule has 1 aliphatic rings. The monoisotopic (exact) mass is 386 g/mol. The molecule has 3 rings (SSSR count). The summed E-state index contributed by atoms with van der Waals surface area (Å²) >= 11 is 7.45. The van der Waals surface area contributed by atoms with Gasteiger partial charge in [-0.1, -0.05) is 22.9 Å². The second kappa shape index (κ2) is 6.66. The summed E-state index contributed by atoms with van der Waals surface area (Å²) in [5.74, 6) is -0.285. The second-order valence-corrected chi connectivity index (χ2v) is 8.94. The maximum Gasteiger partial charge on any atom is 0.259 e. The molecular formula is C14H15ClN4O3S2. The molecule has 1 aromatic heterocycles. The van der Waals surface area contributed by atoms with Crippen LogP contribution in [-0.4, -0.2) is 36.8 Å². The Labute approximate surface area is 148 Å². The molecule has 0 spiro atoms. The van der Waals surface area contributed by atoms with Crippen LogP contribution in [0, 0.1) is 6.92 Å². The first-order valence-corrected chi connectivity index (χ1v) is 10.1. The van der Waals surface area contributed by atoms with E-state index in [-0.39, 0.29) is 16.3 Å². The molecule has 24 heavy (non-hydrogen) atoms. The molecular weight excluding hydrogens is 372 g/mol. The van der Waals surface area contributed by atoms with Crippen molar-refractivity contribution in [2.45, 2.75) is 19.8 Å². The van der Waals surface area contributed by atoms with Crippen molar-refractivity contribution >= 4 is 49.7 Å². The van der Waals surface area contributed by atoms with E-state index in [4.69, 9.17) is 11.6 Å². The van der Waals surface area contributed by atoms with E-state index in [1.54, 1.807) is 13.0 Å². The van der Waals surface area contributed by atoms with Gasteiger partial charge in [-0.15, -0.1) is 10.2 Å². The topological polar surface area (TPSA) is 92.3 Å². The molecule has 0 bridgehead atoms. The fourth-order valence-electron chi connectivity index (χ4n) is 2.43. The Kier molecular flexibility index (Phi) is 4.75. The predicted octanol–water partition coefficient (Wildman–Crippen LogP) is 2.68. The van der Waals surface area contributed by atoms with E-state index < -0.39 is 15.9 Å². The van der Waals surface area contributed by atoms with Crippen LogP contribution in [-0.2, 0) is 10.0 Å². The molecule has 1 amide bonds. The number of sulfonamides is 1. The van der Waals surface area contributed by atoms with Crippen molar-refractivity contribution < 1.29 is 13.2 Å². The molecule has 2 aromatic rings. The van der Waals surface area contributed by atoms with Gasteiger partial charge in [0.1, 0.15) is 5.01 Å². The number of hydrogen-bond acceptors (Lipinski definition) is 6. The van der Waals surface area contributed by atoms with Crippen LogP contribution in [0.5, 0.6) is 0 Å². The van der Waals surface area contributed by atoms with Gasteiger partial charge in [-0.25, -0.2) is 8.42 Å². The smallest absolute Gasteiger partial charge is 0.259 e. The van der Waals surface area contributed by atoms with E-state index >= 15 is 0 Å². The highest BCUT2D eigenvalue weighted by molar-refractivity contribution is 7.92. The minimum atomic E-state index is -3.31. The van der Waals surface area contributed by atoms with Crippen LogP contribution in [0.3, 0.4) is 0 Å². The van der Waals surface area contributed by atoms with Crippen molar-refractivity contribution in [2.75, 3.05) is 21.9 Å². The Balaban J connectivity index is 1.83. The van der Waals surface area contributed by atoms with Gasteiger partial charge < -0.3 is 0 Å². The minimum Gasteiger partial charge on any atom is -0.296 e. The summed E-state index contributed by atoms with van der Waals surface area (Å²) in [6, 6.07) is 4.62. The normalized spacial score (nSPS) is 16.8. The number of amides is 1. The minimum absolute atomic E-state index is 0.128. The zero-order valence-electron chi connectivity index (χ0n) is 12.8. The molecule has 10 heteroatoms. The van der Waals surface area contributed by atoms with Crippen LogP contribution in [0.1, 0.15) is 28.2 Å². The van der Waals surface area contributed by atoms with Gasteiger partial charge in [0.2, 0.25) is 15.2 Å². The van der Waals surface area contributed by atoms with Crippen LogP contribution >= 0.6 is 22.9 Å². The summed E-state index contributed by atoms with van der Waals surface area (Å²) in [6.07, 6.45) is 1.46. The van der Waals surface area contributed by atoms with Gasteiger partial charge in [-0.05, 0) is 38.0 Å². The molecule has 1 aromatic carbocycles. The van der Waals surface area contributed by atoms with Crippen molar-refractivity contribution in [1.82, 2.24) is 10.2 Å². The van der Waals surface area contributed by atoms with Crippen molar-refractivity contribution in [3.63, 3.8) is 0 Å². The fraction of sp³-hybridized carbons (Fsp3) is 0.357. The lowest BCUT2D eigenvalue weighted by molar-refractivity contribution is 0.102. The highest BCUT2D eigenvalue weighted by Crippen LogP contribution is 2.29. The molecule has 1 fully saturated rings. The number of carbonyl (C=O) groups is 1. The van der Waals surface area contributed by atoms with Gasteiger partial charge in [-0.2, -0.15) is 0 Å². The van der Waals surface area contributed by atoms with Crippen molar-refractivity contribution in [2.24, 2.45) is 0 Å². The molecule has 2 heterocycles. The lowest BCUT2D eigenvalue weighted by Gasteiger charge is -2.28. The predicted molar refractivity (Wildman–Crippen MR) is 94.4 cm³/mol. The standard InChI is InChI=1S/C14H15ClN4O3S2/c1-9-17-18-14(23-9)16-13(20)11-5-4-10(8-12(11)15)19-6-2-3-7-24(19,21)22/h4-5,8H,2-3,6-7H2,1H3,(H,16,18,20). The van der Waals surface area contributed by atoms with Gasteiger partial charge >= 0.3 is 0 Å². The molecule has 0 atom stereocenters. The molecule has 128 valence electrons. The Morgan fingerprint density at radius 3 is 2.75 bits per heavy atom. The highest BCUT2D eigenvalue weighted by atomic mass is 35.5. The van der Waals surface area contributed by atoms with E-state index in [0.717, 1.165) is 11.4 Å². The molecule has 1 aliphatic heterocycles. The summed E-state index contributed by atoms with van der Waals surface area (Å²) in [4.78, 5) is 12.3. The third-order valence-corrected chi connectivity index (χ3v) is 6.52. The number of anilines is 2. The van der Waals surface area contributed by atoms with Crippen molar-refractivity contribution in [3.05, 3.63) is 33.8 Å². The van der Waals surface area contributed by atoms with Gasteiger partial charge in [0, 0.05) is 6.54 Å². The van der Waals surface area contributed by atoms with Crippen LogP contribution in [0.4, 0.5) is 10.8 Å². The summed E-state index contributed by atoms with van der Waals surface area (Å²) in [6.45, 7) is 2.21. The number of halogens is 1. The van der Waals surface area contributed by atoms with E-state index in [0.29, 0.717) is 23.8 Å². The SMILES string of the molecule is Cc1nnc(NC(=O)c2ccc(N3CCCCS3(=O)=O)cc2Cl)s1. The number of hydrogen-bond donors (Lipinski definition) is 1. The first-order chi connectivity index (χ1) is 11.4. The van der Waals surface area contributed by atoms with E-state index in [1.165, 1.54) is 27.8 Å². The van der Waals surface area contributed by atoms with E-state index in [1.807, 2.05) is 0 Å². The summed E-state index contributed by atoms with van der Waals surface area (Å²) in [5, 5.41) is 11.6. The van der Waals surface area contributed by atoms with Crippen LogP contribution < -0.4 is 9.62 Å². The molecule has 0 radical (unpaired) electrons. The summed E-state index contributed by atoms with van der Waals surface area (Å²) < 4.78 is 25.6. The summed E-state index contributed by atoms with van der Waals surface area (Å²) in [7, 11) is -3.31. The number of aromatic nitrogens is 2. The zero-order valence-corrected chi connectivity index (χ0v) is 15.2. The second-order valence-electron chi connectivity index (χ2n) is 5.34. The Morgan fingerprint density at radius 1 is 1.33 bits per heavy atom. The number of benzene rings is 1. The van der Waals surface area contributed by atoms with Gasteiger partial charge in [0.25, 0.3) is 5.91 Å².